The molecule has 0 unspecified atom stereocenters. The van der Waals surface area contributed by atoms with Crippen molar-refractivity contribution < 1.29 is 0 Å². The van der Waals surface area contributed by atoms with E-state index in [1.165, 1.54) is 86.1 Å². The van der Waals surface area contributed by atoms with Gasteiger partial charge in [-0.25, -0.2) is 0 Å². The molecule has 2 aromatic heterocycles. The first kappa shape index (κ1) is 35.2. The Bertz CT molecular complexity index is 3590. The number of anilines is 3. The predicted octanol–water partition coefficient (Wildman–Crippen LogP) is 16.8. The molecule has 0 fully saturated rings. The van der Waals surface area contributed by atoms with Crippen molar-refractivity contribution in [1.82, 2.24) is 4.57 Å². The van der Waals surface area contributed by atoms with Crippen LogP contribution in [0.3, 0.4) is 0 Å². The second-order valence-corrected chi connectivity index (χ2v) is 16.6. The summed E-state index contributed by atoms with van der Waals surface area (Å²) < 4.78 is 4.95. The van der Waals surface area contributed by atoms with Crippen molar-refractivity contribution in [2.24, 2.45) is 0 Å². The molecule has 0 radical (unpaired) electrons. The lowest BCUT2D eigenvalue weighted by Gasteiger charge is -2.31. The van der Waals surface area contributed by atoms with E-state index in [0.29, 0.717) is 0 Å². The molecule has 0 bridgehead atoms. The Morgan fingerprint density at radius 2 is 0.836 bits per heavy atom. The third-order valence-electron chi connectivity index (χ3n) is 12.2. The van der Waals surface area contributed by atoms with E-state index in [4.69, 9.17) is 0 Å². The minimum atomic E-state index is 1.12. The molecule has 0 aliphatic heterocycles. The second-order valence-electron chi connectivity index (χ2n) is 15.6. The molecule has 0 aliphatic carbocycles. The molecule has 12 aromatic rings. The van der Waals surface area contributed by atoms with Gasteiger partial charge in [-0.2, -0.15) is 0 Å². The van der Waals surface area contributed by atoms with E-state index >= 15 is 0 Å². The number of rotatable bonds is 7. The Kier molecular flexibility index (Phi) is 8.39. The average Bonchev–Trinajstić information content (AvgIpc) is 3.89. The molecular weight excluding hydrogens is 757 g/mol. The third-order valence-corrected chi connectivity index (χ3v) is 13.4. The van der Waals surface area contributed by atoms with Gasteiger partial charge >= 0.3 is 0 Å². The summed E-state index contributed by atoms with van der Waals surface area (Å²) >= 11 is 1.87. The first-order valence-corrected chi connectivity index (χ1v) is 21.7. The Morgan fingerprint density at radius 1 is 0.328 bits per heavy atom. The van der Waals surface area contributed by atoms with E-state index in [2.05, 4.69) is 240 Å². The summed E-state index contributed by atoms with van der Waals surface area (Å²) in [7, 11) is 0. The summed E-state index contributed by atoms with van der Waals surface area (Å²) in [5.41, 5.74) is 14.1. The first-order valence-electron chi connectivity index (χ1n) is 20.9. The van der Waals surface area contributed by atoms with Gasteiger partial charge in [0.05, 0.1) is 32.8 Å². The Hall–Kier alpha value is -7.72. The minimum Gasteiger partial charge on any atom is -0.309 e. The molecule has 0 saturated heterocycles. The van der Waals surface area contributed by atoms with Gasteiger partial charge in [0, 0.05) is 43.1 Å². The topological polar surface area (TPSA) is 8.17 Å². The van der Waals surface area contributed by atoms with E-state index in [1.54, 1.807) is 0 Å². The molecule has 0 atom stereocenters. The van der Waals surface area contributed by atoms with Crippen LogP contribution in [0.4, 0.5) is 17.1 Å². The number of benzene rings is 10. The molecule has 10 aromatic carbocycles. The van der Waals surface area contributed by atoms with Crippen LogP contribution in [0.25, 0.3) is 91.8 Å². The molecule has 0 N–H and O–H groups in total. The molecule has 0 spiro atoms. The Labute approximate surface area is 358 Å². The van der Waals surface area contributed by atoms with Gasteiger partial charge < -0.3 is 9.47 Å². The van der Waals surface area contributed by atoms with Crippen molar-refractivity contribution in [3.05, 3.63) is 231 Å². The maximum atomic E-state index is 2.54. The SMILES string of the molecule is c1ccc(-c2cccc3cccc(-c4ccccc4N(c4ccccc4-c4cccc5c4c4ccccc4n5-c4ccccc4)c4cccc5c4sc4ccccc45)c23)cc1. The predicted molar refractivity (Wildman–Crippen MR) is 262 cm³/mol. The summed E-state index contributed by atoms with van der Waals surface area (Å²) in [6.45, 7) is 0. The third kappa shape index (κ3) is 5.70. The monoisotopic (exact) mass is 794 g/mol. The van der Waals surface area contributed by atoms with Gasteiger partial charge in [-0.3, -0.25) is 0 Å². The zero-order valence-corrected chi connectivity index (χ0v) is 34.1. The fourth-order valence-electron chi connectivity index (χ4n) is 9.61. The lowest BCUT2D eigenvalue weighted by Crippen LogP contribution is -2.12. The molecule has 3 heteroatoms. The number of nitrogens with zero attached hydrogens (tertiary/aromatic N) is 2. The van der Waals surface area contributed by atoms with Crippen molar-refractivity contribution in [3.8, 4) is 39.1 Å². The molecule has 12 rings (SSSR count). The molecule has 0 aliphatic rings. The number of aromatic nitrogens is 1. The van der Waals surface area contributed by atoms with Gasteiger partial charge in [0.25, 0.3) is 0 Å². The number of hydrogen-bond acceptors (Lipinski definition) is 2. The van der Waals surface area contributed by atoms with Gasteiger partial charge in [0.2, 0.25) is 0 Å². The fraction of sp³-hybridized carbons (Fsp3) is 0. The molecule has 2 heterocycles. The van der Waals surface area contributed by atoms with Crippen LogP contribution in [-0.4, -0.2) is 4.57 Å². The summed E-state index contributed by atoms with van der Waals surface area (Å²) in [6, 6.07) is 84.2. The highest BCUT2D eigenvalue weighted by molar-refractivity contribution is 7.26. The number of hydrogen-bond donors (Lipinski definition) is 0. The first-order chi connectivity index (χ1) is 30.3. The summed E-state index contributed by atoms with van der Waals surface area (Å²) in [5, 5.41) is 7.48. The van der Waals surface area contributed by atoms with Crippen molar-refractivity contribution in [2.75, 3.05) is 4.90 Å². The van der Waals surface area contributed by atoms with Crippen LogP contribution in [0.1, 0.15) is 0 Å². The van der Waals surface area contributed by atoms with Crippen molar-refractivity contribution >= 4 is 81.1 Å². The molecule has 2 nitrogen and oxygen atoms in total. The van der Waals surface area contributed by atoms with Crippen LogP contribution in [0.15, 0.2) is 231 Å². The smallest absolute Gasteiger partial charge is 0.0640 e. The fourth-order valence-corrected chi connectivity index (χ4v) is 10.8. The number of fused-ring (bicyclic) bond motifs is 7. The standard InChI is InChI=1S/C58H38N2S/c1-3-19-39(20-4-1)42-29-15-21-40-22-16-30-46(56(40)42)43-25-7-11-33-50(43)60(54-37-18-32-48-45-27-10-14-38-55(45)61-58(48)54)51-34-12-8-26-44(51)47-31-17-36-53-57(47)49-28-9-13-35-52(49)59(53)41-23-5-2-6-24-41/h1-38H. The normalized spacial score (nSPS) is 11.6. The molecule has 286 valence electrons. The second kappa shape index (κ2) is 14.5. The van der Waals surface area contributed by atoms with Crippen molar-refractivity contribution in [1.29, 1.82) is 0 Å². The van der Waals surface area contributed by atoms with Gasteiger partial charge in [-0.1, -0.05) is 182 Å². The molecule has 0 saturated carbocycles. The lowest BCUT2D eigenvalue weighted by atomic mass is 9.90. The molecule has 61 heavy (non-hydrogen) atoms. The average molecular weight is 795 g/mol. The van der Waals surface area contributed by atoms with Crippen LogP contribution in [0.2, 0.25) is 0 Å². The zero-order chi connectivity index (χ0) is 40.3. The Morgan fingerprint density at radius 3 is 1.59 bits per heavy atom. The summed E-state index contributed by atoms with van der Waals surface area (Å²) in [6.07, 6.45) is 0. The lowest BCUT2D eigenvalue weighted by molar-refractivity contribution is 1.18. The quantitative estimate of drug-likeness (QED) is 0.156. The van der Waals surface area contributed by atoms with Crippen molar-refractivity contribution in [2.45, 2.75) is 0 Å². The summed E-state index contributed by atoms with van der Waals surface area (Å²) in [4.78, 5) is 2.54. The van der Waals surface area contributed by atoms with Crippen LogP contribution >= 0.6 is 11.3 Å². The van der Waals surface area contributed by atoms with Gasteiger partial charge in [-0.15, -0.1) is 11.3 Å². The van der Waals surface area contributed by atoms with Crippen LogP contribution in [0, 0.1) is 0 Å². The minimum absolute atomic E-state index is 1.12. The largest absolute Gasteiger partial charge is 0.309 e. The van der Waals surface area contributed by atoms with Gasteiger partial charge in [-0.05, 0) is 81.6 Å². The summed E-state index contributed by atoms with van der Waals surface area (Å²) in [5.74, 6) is 0. The van der Waals surface area contributed by atoms with Gasteiger partial charge in [0.1, 0.15) is 0 Å². The van der Waals surface area contributed by atoms with Gasteiger partial charge in [0.15, 0.2) is 0 Å². The highest BCUT2D eigenvalue weighted by Gasteiger charge is 2.26. The van der Waals surface area contributed by atoms with E-state index < -0.39 is 0 Å². The maximum absolute atomic E-state index is 2.54. The van der Waals surface area contributed by atoms with E-state index in [0.717, 1.165) is 22.7 Å². The molecular formula is C58H38N2S. The van der Waals surface area contributed by atoms with E-state index in [-0.39, 0.29) is 0 Å². The number of thiophene rings is 1. The van der Waals surface area contributed by atoms with Crippen LogP contribution < -0.4 is 4.90 Å². The number of para-hydroxylation sites is 4. The van der Waals surface area contributed by atoms with Crippen molar-refractivity contribution in [3.63, 3.8) is 0 Å². The maximum Gasteiger partial charge on any atom is 0.0640 e. The molecule has 0 amide bonds. The van der Waals surface area contributed by atoms with E-state index in [9.17, 15) is 0 Å². The Balaban J connectivity index is 1.17. The zero-order valence-electron chi connectivity index (χ0n) is 33.2. The van der Waals surface area contributed by atoms with Crippen LogP contribution in [0.5, 0.6) is 0 Å². The highest BCUT2D eigenvalue weighted by Crippen LogP contribution is 2.51. The van der Waals surface area contributed by atoms with E-state index in [1.807, 2.05) is 11.3 Å². The highest BCUT2D eigenvalue weighted by atomic mass is 32.1. The van der Waals surface area contributed by atoms with Crippen LogP contribution in [-0.2, 0) is 0 Å².